The number of rotatable bonds is 6. The number of phenols is 1. The van der Waals surface area contributed by atoms with Gasteiger partial charge in [-0.2, -0.15) is 0 Å². The van der Waals surface area contributed by atoms with Crippen molar-refractivity contribution in [2.75, 3.05) is 0 Å². The summed E-state index contributed by atoms with van der Waals surface area (Å²) >= 11 is 0. The van der Waals surface area contributed by atoms with E-state index in [1.807, 2.05) is 32.9 Å². The van der Waals surface area contributed by atoms with Gasteiger partial charge in [-0.3, -0.25) is 4.79 Å². The van der Waals surface area contributed by atoms with Crippen LogP contribution in [0.1, 0.15) is 31.4 Å². The summed E-state index contributed by atoms with van der Waals surface area (Å²) in [6.07, 6.45) is 0.571. The maximum absolute atomic E-state index is 11.1. The molecule has 4 nitrogen and oxygen atoms in total. The molecule has 100 valence electrons. The number of benzene rings is 1. The van der Waals surface area contributed by atoms with E-state index in [0.717, 1.165) is 11.1 Å². The van der Waals surface area contributed by atoms with Crippen molar-refractivity contribution in [2.24, 2.45) is 5.92 Å². The molecule has 0 amide bonds. The highest BCUT2D eigenvalue weighted by atomic mass is 16.4. The van der Waals surface area contributed by atoms with Gasteiger partial charge < -0.3 is 15.5 Å². The van der Waals surface area contributed by atoms with Crippen molar-refractivity contribution in [3.8, 4) is 5.75 Å². The Balaban J connectivity index is 2.67. The maximum Gasteiger partial charge on any atom is 0.320 e. The Bertz CT molecular complexity index is 416. The van der Waals surface area contributed by atoms with E-state index in [1.54, 1.807) is 6.07 Å². The van der Waals surface area contributed by atoms with Crippen LogP contribution in [0, 0.1) is 12.8 Å². The molecule has 0 aliphatic carbocycles. The second kappa shape index (κ2) is 6.40. The summed E-state index contributed by atoms with van der Waals surface area (Å²) in [6, 6.07) is 4.89. The molecule has 0 fully saturated rings. The molecule has 1 unspecified atom stereocenters. The number of phenolic OH excluding ortho intramolecular Hbond substituents is 1. The molecule has 0 spiro atoms. The van der Waals surface area contributed by atoms with Crippen LogP contribution < -0.4 is 5.32 Å². The number of nitrogens with one attached hydrogen (secondary N) is 1. The van der Waals surface area contributed by atoms with Crippen LogP contribution in [0.15, 0.2) is 18.2 Å². The molecule has 0 bridgehead atoms. The lowest BCUT2D eigenvalue weighted by molar-refractivity contribution is -0.140. The third-order valence-corrected chi connectivity index (χ3v) is 2.87. The van der Waals surface area contributed by atoms with E-state index in [1.165, 1.54) is 0 Å². The zero-order chi connectivity index (χ0) is 13.7. The van der Waals surface area contributed by atoms with E-state index in [2.05, 4.69) is 5.32 Å². The van der Waals surface area contributed by atoms with E-state index in [-0.39, 0.29) is 5.75 Å². The Kier molecular flexibility index (Phi) is 5.16. The highest BCUT2D eigenvalue weighted by Crippen LogP contribution is 2.21. The highest BCUT2D eigenvalue weighted by Gasteiger charge is 2.18. The molecule has 0 aliphatic heterocycles. The fourth-order valence-corrected chi connectivity index (χ4v) is 1.84. The van der Waals surface area contributed by atoms with Crippen molar-refractivity contribution >= 4 is 5.97 Å². The minimum atomic E-state index is -0.851. The molecule has 18 heavy (non-hydrogen) atoms. The molecule has 0 saturated carbocycles. The first kappa shape index (κ1) is 14.5. The molecule has 1 rings (SSSR count). The topological polar surface area (TPSA) is 69.6 Å². The fourth-order valence-electron chi connectivity index (χ4n) is 1.84. The average molecular weight is 251 g/mol. The van der Waals surface area contributed by atoms with Crippen LogP contribution in [0.25, 0.3) is 0 Å². The summed E-state index contributed by atoms with van der Waals surface area (Å²) in [4.78, 5) is 11.1. The van der Waals surface area contributed by atoms with Crippen molar-refractivity contribution in [3.05, 3.63) is 29.3 Å². The molecular weight excluding hydrogens is 230 g/mol. The SMILES string of the molecule is Cc1cccc(CNC(CC(C)C)C(=O)O)c1O. The van der Waals surface area contributed by atoms with Crippen molar-refractivity contribution < 1.29 is 15.0 Å². The van der Waals surface area contributed by atoms with Gasteiger partial charge in [0.05, 0.1) is 0 Å². The van der Waals surface area contributed by atoms with Gasteiger partial charge in [-0.1, -0.05) is 32.0 Å². The van der Waals surface area contributed by atoms with Gasteiger partial charge in [0.25, 0.3) is 0 Å². The Labute approximate surface area is 108 Å². The number of aryl methyl sites for hydroxylation is 1. The lowest BCUT2D eigenvalue weighted by atomic mass is 10.0. The molecule has 4 heteroatoms. The summed E-state index contributed by atoms with van der Waals surface area (Å²) < 4.78 is 0. The van der Waals surface area contributed by atoms with Gasteiger partial charge in [0, 0.05) is 12.1 Å². The predicted octanol–water partition coefficient (Wildman–Crippen LogP) is 2.29. The van der Waals surface area contributed by atoms with Crippen LogP contribution >= 0.6 is 0 Å². The monoisotopic (exact) mass is 251 g/mol. The normalized spacial score (nSPS) is 12.7. The Morgan fingerprint density at radius 1 is 1.39 bits per heavy atom. The van der Waals surface area contributed by atoms with Gasteiger partial charge in [-0.05, 0) is 24.8 Å². The largest absolute Gasteiger partial charge is 0.507 e. The zero-order valence-corrected chi connectivity index (χ0v) is 11.1. The predicted molar refractivity (Wildman–Crippen MR) is 70.6 cm³/mol. The molecule has 3 N–H and O–H groups in total. The van der Waals surface area contributed by atoms with E-state index in [4.69, 9.17) is 5.11 Å². The number of carboxylic acid groups (broad SMARTS) is 1. The van der Waals surface area contributed by atoms with E-state index < -0.39 is 12.0 Å². The van der Waals surface area contributed by atoms with Crippen LogP contribution in [0.4, 0.5) is 0 Å². The highest BCUT2D eigenvalue weighted by molar-refractivity contribution is 5.73. The van der Waals surface area contributed by atoms with Gasteiger partial charge in [-0.15, -0.1) is 0 Å². The van der Waals surface area contributed by atoms with E-state index >= 15 is 0 Å². The second-order valence-electron chi connectivity index (χ2n) is 4.98. The Morgan fingerprint density at radius 3 is 2.61 bits per heavy atom. The van der Waals surface area contributed by atoms with E-state index in [9.17, 15) is 9.90 Å². The molecule has 1 aromatic carbocycles. The molecule has 0 radical (unpaired) electrons. The van der Waals surface area contributed by atoms with Crippen LogP contribution in [0.5, 0.6) is 5.75 Å². The summed E-state index contributed by atoms with van der Waals surface area (Å²) in [6.45, 7) is 6.16. The summed E-state index contributed by atoms with van der Waals surface area (Å²) in [7, 11) is 0. The third-order valence-electron chi connectivity index (χ3n) is 2.87. The smallest absolute Gasteiger partial charge is 0.320 e. The standard InChI is InChI=1S/C14H21NO3/c1-9(2)7-12(14(17)18)15-8-11-6-4-5-10(3)13(11)16/h4-6,9,12,15-16H,7-8H2,1-3H3,(H,17,18). The molecule has 0 aliphatic rings. The van der Waals surface area contributed by atoms with Gasteiger partial charge in [0.15, 0.2) is 0 Å². The molecule has 1 aromatic rings. The number of carbonyl (C=O) groups is 1. The summed E-state index contributed by atoms with van der Waals surface area (Å²) in [5, 5.41) is 21.9. The number of para-hydroxylation sites is 1. The number of hydrogen-bond acceptors (Lipinski definition) is 3. The lowest BCUT2D eigenvalue weighted by Crippen LogP contribution is -2.37. The van der Waals surface area contributed by atoms with Crippen LogP contribution in [0.3, 0.4) is 0 Å². The zero-order valence-electron chi connectivity index (χ0n) is 11.1. The van der Waals surface area contributed by atoms with Crippen LogP contribution in [-0.2, 0) is 11.3 Å². The van der Waals surface area contributed by atoms with Crippen molar-refractivity contribution in [2.45, 2.75) is 39.8 Å². The van der Waals surface area contributed by atoms with Crippen molar-refractivity contribution in [1.29, 1.82) is 0 Å². The number of aromatic hydroxyl groups is 1. The van der Waals surface area contributed by atoms with Crippen molar-refractivity contribution in [3.63, 3.8) is 0 Å². The molecule has 0 saturated heterocycles. The lowest BCUT2D eigenvalue weighted by Gasteiger charge is -2.17. The number of carboxylic acids is 1. The first-order chi connectivity index (χ1) is 8.41. The third kappa shape index (κ3) is 4.04. The maximum atomic E-state index is 11.1. The van der Waals surface area contributed by atoms with Crippen LogP contribution in [0.2, 0.25) is 0 Å². The molecular formula is C14H21NO3. The molecule has 1 atom stereocenters. The second-order valence-corrected chi connectivity index (χ2v) is 4.98. The Hall–Kier alpha value is -1.55. The van der Waals surface area contributed by atoms with Gasteiger partial charge in [0.1, 0.15) is 11.8 Å². The van der Waals surface area contributed by atoms with Crippen LogP contribution in [-0.4, -0.2) is 22.2 Å². The van der Waals surface area contributed by atoms with Gasteiger partial charge in [-0.25, -0.2) is 0 Å². The minimum absolute atomic E-state index is 0.235. The molecule has 0 heterocycles. The summed E-state index contributed by atoms with van der Waals surface area (Å²) in [5.41, 5.74) is 1.52. The fraction of sp³-hybridized carbons (Fsp3) is 0.500. The first-order valence-electron chi connectivity index (χ1n) is 6.15. The average Bonchev–Trinajstić information content (AvgIpc) is 2.28. The number of hydrogen-bond donors (Lipinski definition) is 3. The minimum Gasteiger partial charge on any atom is -0.507 e. The van der Waals surface area contributed by atoms with Crippen molar-refractivity contribution in [1.82, 2.24) is 5.32 Å². The molecule has 0 aromatic heterocycles. The number of aliphatic carboxylic acids is 1. The van der Waals surface area contributed by atoms with Gasteiger partial charge in [0.2, 0.25) is 0 Å². The van der Waals surface area contributed by atoms with E-state index in [0.29, 0.717) is 18.9 Å². The Morgan fingerprint density at radius 2 is 2.06 bits per heavy atom. The quantitative estimate of drug-likeness (QED) is 0.725. The van der Waals surface area contributed by atoms with Gasteiger partial charge >= 0.3 is 5.97 Å². The first-order valence-corrected chi connectivity index (χ1v) is 6.15. The summed E-state index contributed by atoms with van der Waals surface area (Å²) in [5.74, 6) is -0.306.